The van der Waals surface area contributed by atoms with Crippen LogP contribution in [0, 0.1) is 0 Å². The summed E-state index contributed by atoms with van der Waals surface area (Å²) >= 11 is 12.2. The summed E-state index contributed by atoms with van der Waals surface area (Å²) in [6, 6.07) is 19.8. The van der Waals surface area contributed by atoms with Crippen molar-refractivity contribution in [2.45, 2.75) is 30.8 Å². The number of likely N-dealkylation sites (tertiary alicyclic amines) is 1. The minimum atomic E-state index is -4.07. The predicted octanol–water partition coefficient (Wildman–Crippen LogP) is 4.63. The van der Waals surface area contributed by atoms with Gasteiger partial charge in [-0.2, -0.15) is 0 Å². The first kappa shape index (κ1) is 26.0. The van der Waals surface area contributed by atoms with Gasteiger partial charge in [-0.1, -0.05) is 65.7 Å². The molecule has 0 aromatic heterocycles. The highest BCUT2D eigenvalue weighted by Crippen LogP contribution is 2.30. The molecule has 1 saturated heterocycles. The number of benzene rings is 3. The number of hydrogen-bond donors (Lipinski definition) is 1. The molecule has 7 nitrogen and oxygen atoms in total. The molecule has 0 saturated carbocycles. The van der Waals surface area contributed by atoms with Gasteiger partial charge in [0.2, 0.25) is 11.8 Å². The van der Waals surface area contributed by atoms with Gasteiger partial charge in [-0.15, -0.1) is 0 Å². The molecule has 3 aromatic carbocycles. The van der Waals surface area contributed by atoms with E-state index in [-0.39, 0.29) is 33.1 Å². The van der Waals surface area contributed by atoms with Crippen molar-refractivity contribution >= 4 is 50.7 Å². The first-order valence-corrected chi connectivity index (χ1v) is 13.6. The van der Waals surface area contributed by atoms with Gasteiger partial charge in [0.25, 0.3) is 10.0 Å². The predicted molar refractivity (Wildman–Crippen MR) is 140 cm³/mol. The molecule has 1 N–H and O–H groups in total. The molecule has 1 aliphatic rings. The van der Waals surface area contributed by atoms with Crippen LogP contribution in [0.4, 0.5) is 5.69 Å². The van der Waals surface area contributed by atoms with Crippen LogP contribution in [-0.2, 0) is 32.7 Å². The number of nitrogens with zero attached hydrogens (tertiary/aromatic N) is 2. The monoisotopic (exact) mass is 545 g/mol. The third kappa shape index (κ3) is 6.00. The van der Waals surface area contributed by atoms with Gasteiger partial charge in [0.15, 0.2) is 0 Å². The molecule has 1 heterocycles. The van der Waals surface area contributed by atoms with Crippen LogP contribution in [0.3, 0.4) is 0 Å². The van der Waals surface area contributed by atoms with Gasteiger partial charge < -0.3 is 10.2 Å². The van der Waals surface area contributed by atoms with E-state index in [1.807, 2.05) is 24.3 Å². The second-order valence-corrected chi connectivity index (χ2v) is 11.1. The van der Waals surface area contributed by atoms with Crippen LogP contribution in [0.5, 0.6) is 0 Å². The normalized spacial score (nSPS) is 13.6. The number of nitrogens with one attached hydrogen (secondary N) is 1. The molecule has 0 spiro atoms. The van der Waals surface area contributed by atoms with Gasteiger partial charge in [0.05, 0.1) is 20.6 Å². The molecular formula is C26H25Cl2N3O4S. The molecule has 10 heteroatoms. The summed E-state index contributed by atoms with van der Waals surface area (Å²) in [6.07, 6.45) is 1.40. The largest absolute Gasteiger partial charge is 0.350 e. The number of hydrogen-bond acceptors (Lipinski definition) is 4. The Bertz CT molecular complexity index is 1370. The van der Waals surface area contributed by atoms with Crippen LogP contribution in [-0.4, -0.2) is 38.2 Å². The molecular weight excluding hydrogens is 521 g/mol. The van der Waals surface area contributed by atoms with Gasteiger partial charge in [0.1, 0.15) is 6.54 Å². The Hall–Kier alpha value is -3.07. The summed E-state index contributed by atoms with van der Waals surface area (Å²) in [4.78, 5) is 26.9. The van der Waals surface area contributed by atoms with E-state index in [4.69, 9.17) is 23.2 Å². The zero-order valence-corrected chi connectivity index (χ0v) is 21.7. The van der Waals surface area contributed by atoms with E-state index < -0.39 is 22.5 Å². The first-order chi connectivity index (χ1) is 17.3. The molecule has 36 heavy (non-hydrogen) atoms. The molecule has 0 bridgehead atoms. The highest BCUT2D eigenvalue weighted by atomic mass is 35.5. The summed E-state index contributed by atoms with van der Waals surface area (Å²) in [5.41, 5.74) is 2.01. The third-order valence-electron chi connectivity index (χ3n) is 5.94. The lowest BCUT2D eigenvalue weighted by molar-refractivity contribution is -0.128. The maximum absolute atomic E-state index is 13.4. The molecule has 188 valence electrons. The topological polar surface area (TPSA) is 86.8 Å². The van der Waals surface area contributed by atoms with Gasteiger partial charge >= 0.3 is 0 Å². The maximum Gasteiger partial charge on any atom is 0.264 e. The van der Waals surface area contributed by atoms with Crippen LogP contribution >= 0.6 is 23.2 Å². The van der Waals surface area contributed by atoms with Crippen LogP contribution in [0.1, 0.15) is 24.0 Å². The lowest BCUT2D eigenvalue weighted by atomic mass is 10.1. The van der Waals surface area contributed by atoms with E-state index in [1.165, 1.54) is 30.3 Å². The number of amides is 2. The second-order valence-electron chi connectivity index (χ2n) is 8.39. The molecule has 0 radical (unpaired) electrons. The van der Waals surface area contributed by atoms with E-state index in [2.05, 4.69) is 5.32 Å². The highest BCUT2D eigenvalue weighted by molar-refractivity contribution is 7.92. The zero-order valence-electron chi connectivity index (χ0n) is 19.4. The molecule has 1 aliphatic heterocycles. The fourth-order valence-corrected chi connectivity index (χ4v) is 5.74. The third-order valence-corrected chi connectivity index (χ3v) is 8.46. The summed E-state index contributed by atoms with van der Waals surface area (Å²) in [5.74, 6) is -0.371. The number of sulfonamides is 1. The van der Waals surface area contributed by atoms with Crippen molar-refractivity contribution in [1.82, 2.24) is 10.2 Å². The van der Waals surface area contributed by atoms with Gasteiger partial charge in [0, 0.05) is 26.1 Å². The van der Waals surface area contributed by atoms with E-state index in [1.54, 1.807) is 23.1 Å². The standard InChI is InChI=1S/C26H25Cl2N3O4S/c27-23-13-12-21(15-24(23)28)31(36(34,35)22-9-2-1-3-10-22)18-25(32)29-16-19-7-4-5-8-20(19)17-30-14-6-11-26(30)33/h1-5,7-10,12-13,15H,6,11,14,16-18H2,(H,29,32). The molecule has 0 aliphatic carbocycles. The van der Waals surface area contributed by atoms with Gasteiger partial charge in [-0.25, -0.2) is 8.42 Å². The van der Waals surface area contributed by atoms with E-state index in [9.17, 15) is 18.0 Å². The first-order valence-electron chi connectivity index (χ1n) is 11.4. The fourth-order valence-electron chi connectivity index (χ4n) is 4.02. The molecule has 4 rings (SSSR count). The van der Waals surface area contributed by atoms with E-state index in [0.717, 1.165) is 28.4 Å². The average molecular weight is 546 g/mol. The molecule has 0 unspecified atom stereocenters. The number of carbonyl (C=O) groups excluding carboxylic acids is 2. The summed E-state index contributed by atoms with van der Waals surface area (Å²) < 4.78 is 27.9. The SMILES string of the molecule is O=C(CN(c1ccc(Cl)c(Cl)c1)S(=O)(=O)c1ccccc1)NCc1ccccc1CN1CCCC1=O. The van der Waals surface area contributed by atoms with Crippen molar-refractivity contribution in [2.75, 3.05) is 17.4 Å². The van der Waals surface area contributed by atoms with E-state index in [0.29, 0.717) is 13.0 Å². The number of carbonyl (C=O) groups is 2. The lowest BCUT2D eigenvalue weighted by Gasteiger charge is -2.24. The van der Waals surface area contributed by atoms with Crippen LogP contribution < -0.4 is 9.62 Å². The van der Waals surface area contributed by atoms with Crippen molar-refractivity contribution < 1.29 is 18.0 Å². The Morgan fingerprint density at radius 1 is 0.944 bits per heavy atom. The zero-order chi connectivity index (χ0) is 25.7. The van der Waals surface area contributed by atoms with Gasteiger partial charge in [-0.05, 0) is 47.9 Å². The van der Waals surface area contributed by atoms with Crippen molar-refractivity contribution in [1.29, 1.82) is 0 Å². The van der Waals surface area contributed by atoms with Crippen molar-refractivity contribution in [3.05, 3.63) is 94.0 Å². The minimum Gasteiger partial charge on any atom is -0.350 e. The van der Waals surface area contributed by atoms with Crippen molar-refractivity contribution in [3.63, 3.8) is 0 Å². The number of rotatable bonds is 9. The molecule has 1 fully saturated rings. The molecule has 0 atom stereocenters. The number of halogens is 2. The van der Waals surface area contributed by atoms with E-state index >= 15 is 0 Å². The summed E-state index contributed by atoms with van der Waals surface area (Å²) in [7, 11) is -4.07. The van der Waals surface area contributed by atoms with Gasteiger partial charge in [-0.3, -0.25) is 13.9 Å². The van der Waals surface area contributed by atoms with Crippen molar-refractivity contribution in [3.8, 4) is 0 Å². The van der Waals surface area contributed by atoms with Crippen LogP contribution in [0.15, 0.2) is 77.7 Å². The van der Waals surface area contributed by atoms with Crippen LogP contribution in [0.25, 0.3) is 0 Å². The minimum absolute atomic E-state index is 0.0458. The quantitative estimate of drug-likeness (QED) is 0.424. The molecule has 3 aromatic rings. The Kier molecular flexibility index (Phi) is 8.18. The highest BCUT2D eigenvalue weighted by Gasteiger charge is 2.28. The summed E-state index contributed by atoms with van der Waals surface area (Å²) in [5, 5.41) is 3.27. The van der Waals surface area contributed by atoms with Crippen LogP contribution in [0.2, 0.25) is 10.0 Å². The summed E-state index contributed by atoms with van der Waals surface area (Å²) in [6.45, 7) is 0.928. The Morgan fingerprint density at radius 2 is 1.64 bits per heavy atom. The lowest BCUT2D eigenvalue weighted by Crippen LogP contribution is -2.40. The molecule has 2 amide bonds. The number of anilines is 1. The Labute approximate surface area is 220 Å². The Morgan fingerprint density at radius 3 is 2.31 bits per heavy atom. The Balaban J connectivity index is 1.53. The fraction of sp³-hybridized carbons (Fsp3) is 0.231. The smallest absolute Gasteiger partial charge is 0.264 e. The second kappa shape index (κ2) is 11.3. The maximum atomic E-state index is 13.4. The average Bonchev–Trinajstić information content (AvgIpc) is 3.28. The van der Waals surface area contributed by atoms with Crippen molar-refractivity contribution in [2.24, 2.45) is 0 Å².